The molecule has 4 aromatic rings. The average molecular weight is 471 g/mol. The van der Waals surface area contributed by atoms with Crippen LogP contribution in [0.15, 0.2) is 78.4 Å². The van der Waals surface area contributed by atoms with Crippen molar-refractivity contribution >= 4 is 45.6 Å². The number of H-pyrrole nitrogens is 1. The lowest BCUT2D eigenvalue weighted by Gasteiger charge is -2.26. The second-order valence-corrected chi connectivity index (χ2v) is 8.85. The van der Waals surface area contributed by atoms with Crippen molar-refractivity contribution in [3.05, 3.63) is 106 Å². The Morgan fingerprint density at radius 1 is 1.03 bits per heavy atom. The Hall–Kier alpha value is -3.83. The highest BCUT2D eigenvalue weighted by atomic mass is 35.5. The van der Waals surface area contributed by atoms with Crippen LogP contribution in [0.25, 0.3) is 16.7 Å². The highest BCUT2D eigenvalue weighted by Gasteiger charge is 2.48. The van der Waals surface area contributed by atoms with Gasteiger partial charge in [-0.1, -0.05) is 67.1 Å². The lowest BCUT2D eigenvalue weighted by molar-refractivity contribution is -0.132. The van der Waals surface area contributed by atoms with Gasteiger partial charge in [0, 0.05) is 38.4 Å². The fourth-order valence-electron chi connectivity index (χ4n) is 4.70. The van der Waals surface area contributed by atoms with Crippen molar-refractivity contribution in [3.8, 4) is 0 Å². The summed E-state index contributed by atoms with van der Waals surface area (Å²) in [4.78, 5) is 31.6. The number of carbonyl (C=O) groups excluding carboxylic acids is 2. The number of amides is 1. The lowest BCUT2D eigenvalue weighted by atomic mass is 9.93. The standard InChI is InChI=1S/C28H23ClN2O3/c1-3-17-11-13-18(14-12-17)26(32)24-25(23-16(2)30-22-10-5-4-9-21(22)23)31(28(34)27(24)33)20-8-6-7-19(29)15-20/h4-15,25,30,32H,3H2,1-2H3/b26-24+. The van der Waals surface area contributed by atoms with Gasteiger partial charge in [0.25, 0.3) is 11.7 Å². The van der Waals surface area contributed by atoms with Crippen LogP contribution in [0.1, 0.15) is 35.3 Å². The Balaban J connectivity index is 1.80. The number of ketones is 1. The minimum atomic E-state index is -0.819. The first-order chi connectivity index (χ1) is 16.4. The highest BCUT2D eigenvalue weighted by Crippen LogP contribution is 2.45. The topological polar surface area (TPSA) is 73.4 Å². The van der Waals surface area contributed by atoms with Crippen molar-refractivity contribution in [1.82, 2.24) is 4.98 Å². The maximum atomic E-state index is 13.4. The van der Waals surface area contributed by atoms with Crippen LogP contribution in [0, 0.1) is 6.92 Å². The Labute approximate surface area is 202 Å². The number of rotatable bonds is 4. The van der Waals surface area contributed by atoms with Crippen molar-refractivity contribution in [2.75, 3.05) is 4.90 Å². The van der Waals surface area contributed by atoms with E-state index in [4.69, 9.17) is 11.6 Å². The van der Waals surface area contributed by atoms with Crippen LogP contribution in [-0.2, 0) is 16.0 Å². The smallest absolute Gasteiger partial charge is 0.300 e. The van der Waals surface area contributed by atoms with Gasteiger partial charge in [-0.15, -0.1) is 0 Å². The van der Waals surface area contributed by atoms with Gasteiger partial charge >= 0.3 is 0 Å². The van der Waals surface area contributed by atoms with Crippen LogP contribution in [0.5, 0.6) is 0 Å². The number of aliphatic hydroxyl groups is 1. The largest absolute Gasteiger partial charge is 0.507 e. The van der Waals surface area contributed by atoms with Gasteiger partial charge in [-0.2, -0.15) is 0 Å². The van der Waals surface area contributed by atoms with Crippen LogP contribution < -0.4 is 4.90 Å². The summed E-state index contributed by atoms with van der Waals surface area (Å²) in [6.45, 7) is 3.95. The summed E-state index contributed by atoms with van der Waals surface area (Å²) in [6.07, 6.45) is 0.856. The SMILES string of the molecule is CCc1ccc(/C(O)=C2\C(=O)C(=O)N(c3cccc(Cl)c3)C2c2c(C)[nH]c3ccccc23)cc1. The number of aliphatic hydroxyl groups excluding tert-OH is 1. The number of Topliss-reactive ketones (excluding diaryl/α,β-unsaturated/α-hetero) is 1. The number of para-hydroxylation sites is 1. The Kier molecular flexibility index (Phi) is 5.50. The van der Waals surface area contributed by atoms with E-state index in [0.29, 0.717) is 16.3 Å². The van der Waals surface area contributed by atoms with E-state index >= 15 is 0 Å². The molecule has 6 heteroatoms. The predicted molar refractivity (Wildman–Crippen MR) is 135 cm³/mol. The number of aryl methyl sites for hydroxylation is 2. The molecule has 2 heterocycles. The van der Waals surface area contributed by atoms with E-state index in [2.05, 4.69) is 4.98 Å². The minimum Gasteiger partial charge on any atom is -0.507 e. The third-order valence-corrected chi connectivity index (χ3v) is 6.62. The molecule has 1 fully saturated rings. The molecule has 170 valence electrons. The summed E-state index contributed by atoms with van der Waals surface area (Å²) in [7, 11) is 0. The van der Waals surface area contributed by atoms with Crippen LogP contribution in [0.3, 0.4) is 0 Å². The zero-order chi connectivity index (χ0) is 24.0. The minimum absolute atomic E-state index is 0.0575. The van der Waals surface area contributed by atoms with Gasteiger partial charge in [-0.3, -0.25) is 14.5 Å². The van der Waals surface area contributed by atoms with Gasteiger partial charge < -0.3 is 10.1 Å². The van der Waals surface area contributed by atoms with E-state index in [1.165, 1.54) is 4.90 Å². The number of hydrogen-bond donors (Lipinski definition) is 2. The summed E-state index contributed by atoms with van der Waals surface area (Å²) >= 11 is 6.24. The number of nitrogens with one attached hydrogen (secondary N) is 1. The first kappa shape index (κ1) is 22.0. The first-order valence-electron chi connectivity index (χ1n) is 11.1. The summed E-state index contributed by atoms with van der Waals surface area (Å²) in [5.41, 5.74) is 4.61. The van der Waals surface area contributed by atoms with Crippen molar-refractivity contribution in [3.63, 3.8) is 0 Å². The van der Waals surface area contributed by atoms with Gasteiger partial charge in [0.15, 0.2) is 0 Å². The molecule has 1 amide bonds. The lowest BCUT2D eigenvalue weighted by Crippen LogP contribution is -2.29. The van der Waals surface area contributed by atoms with Crippen molar-refractivity contribution < 1.29 is 14.7 Å². The number of halogens is 1. The number of aromatic amines is 1. The molecule has 1 saturated heterocycles. The molecule has 34 heavy (non-hydrogen) atoms. The summed E-state index contributed by atoms with van der Waals surface area (Å²) < 4.78 is 0. The van der Waals surface area contributed by atoms with Gasteiger partial charge in [0.2, 0.25) is 0 Å². The van der Waals surface area contributed by atoms with Crippen LogP contribution >= 0.6 is 11.6 Å². The molecule has 1 unspecified atom stereocenters. The molecule has 1 aliphatic heterocycles. The Morgan fingerprint density at radius 2 is 1.76 bits per heavy atom. The molecule has 3 aromatic carbocycles. The molecular weight excluding hydrogens is 448 g/mol. The van der Waals surface area contributed by atoms with Crippen molar-refractivity contribution in [2.24, 2.45) is 0 Å². The second-order valence-electron chi connectivity index (χ2n) is 8.41. The van der Waals surface area contributed by atoms with E-state index in [9.17, 15) is 14.7 Å². The van der Waals surface area contributed by atoms with E-state index in [1.54, 1.807) is 36.4 Å². The summed E-state index contributed by atoms with van der Waals surface area (Å²) in [6, 6.07) is 21.1. The molecule has 0 bridgehead atoms. The molecule has 1 aliphatic rings. The zero-order valence-corrected chi connectivity index (χ0v) is 19.6. The van der Waals surface area contributed by atoms with Gasteiger partial charge in [0.05, 0.1) is 11.6 Å². The van der Waals surface area contributed by atoms with Gasteiger partial charge in [0.1, 0.15) is 5.76 Å². The highest BCUT2D eigenvalue weighted by molar-refractivity contribution is 6.52. The van der Waals surface area contributed by atoms with Gasteiger partial charge in [-0.25, -0.2) is 0 Å². The van der Waals surface area contributed by atoms with Crippen LogP contribution in [-0.4, -0.2) is 21.8 Å². The number of anilines is 1. The normalized spacial score (nSPS) is 17.6. The molecule has 5 rings (SSSR count). The molecular formula is C28H23ClN2O3. The molecule has 0 aliphatic carbocycles. The van der Waals surface area contributed by atoms with Crippen molar-refractivity contribution in [2.45, 2.75) is 26.3 Å². The third kappa shape index (κ3) is 3.49. The first-order valence-corrected chi connectivity index (χ1v) is 11.5. The monoisotopic (exact) mass is 470 g/mol. The fraction of sp³-hybridized carbons (Fsp3) is 0.143. The number of hydrogen-bond acceptors (Lipinski definition) is 3. The van der Waals surface area contributed by atoms with E-state index in [-0.39, 0.29) is 11.3 Å². The van der Waals surface area contributed by atoms with Gasteiger partial charge in [-0.05, 0) is 43.2 Å². The Bertz CT molecular complexity index is 1470. The van der Waals surface area contributed by atoms with Crippen LogP contribution in [0.2, 0.25) is 5.02 Å². The summed E-state index contributed by atoms with van der Waals surface area (Å²) in [5, 5.41) is 12.7. The number of aromatic nitrogens is 1. The zero-order valence-electron chi connectivity index (χ0n) is 18.8. The maximum absolute atomic E-state index is 13.4. The number of fused-ring (bicyclic) bond motifs is 1. The quantitative estimate of drug-likeness (QED) is 0.208. The number of nitrogens with zero attached hydrogens (tertiary/aromatic N) is 1. The Morgan fingerprint density at radius 3 is 2.47 bits per heavy atom. The molecule has 1 atom stereocenters. The molecule has 1 aromatic heterocycles. The van der Waals surface area contributed by atoms with E-state index in [0.717, 1.165) is 34.1 Å². The second kappa shape index (κ2) is 8.50. The van der Waals surface area contributed by atoms with E-state index < -0.39 is 17.7 Å². The van der Waals surface area contributed by atoms with Crippen molar-refractivity contribution in [1.29, 1.82) is 0 Å². The number of benzene rings is 3. The average Bonchev–Trinajstić information content (AvgIpc) is 3.30. The summed E-state index contributed by atoms with van der Waals surface area (Å²) in [5.74, 6) is -1.63. The molecule has 5 nitrogen and oxygen atoms in total. The molecule has 0 saturated carbocycles. The van der Waals surface area contributed by atoms with Crippen LogP contribution in [0.4, 0.5) is 5.69 Å². The van der Waals surface area contributed by atoms with E-state index in [1.807, 2.05) is 50.2 Å². The maximum Gasteiger partial charge on any atom is 0.300 e. The fourth-order valence-corrected chi connectivity index (χ4v) is 4.89. The molecule has 0 radical (unpaired) electrons. The predicted octanol–water partition coefficient (Wildman–Crippen LogP) is 6.32. The number of carbonyl (C=O) groups is 2. The molecule has 0 spiro atoms. The molecule has 2 N–H and O–H groups in total. The third-order valence-electron chi connectivity index (χ3n) is 6.38.